The molecule has 2 heterocycles. The number of carbonyl (C=O) groups is 2. The van der Waals surface area contributed by atoms with E-state index in [4.69, 9.17) is 0 Å². The van der Waals surface area contributed by atoms with E-state index in [0.717, 1.165) is 45.1 Å². The predicted octanol–water partition coefficient (Wildman–Crippen LogP) is 3.36. The number of pyridine rings is 1. The van der Waals surface area contributed by atoms with Crippen molar-refractivity contribution >= 4 is 11.8 Å². The number of hydrogen-bond acceptors (Lipinski definition) is 3. The molecule has 2 aliphatic carbocycles. The van der Waals surface area contributed by atoms with Gasteiger partial charge in [0.25, 0.3) is 11.8 Å². The van der Waals surface area contributed by atoms with Crippen LogP contribution in [0.15, 0.2) is 17.2 Å². The van der Waals surface area contributed by atoms with Crippen LogP contribution in [0.3, 0.4) is 0 Å². The van der Waals surface area contributed by atoms with Crippen molar-refractivity contribution in [2.45, 2.75) is 77.3 Å². The summed E-state index contributed by atoms with van der Waals surface area (Å²) in [6.45, 7) is 5.29. The van der Waals surface area contributed by atoms with Crippen LogP contribution in [-0.4, -0.2) is 40.4 Å². The molecule has 0 aromatic carbocycles. The van der Waals surface area contributed by atoms with Crippen molar-refractivity contribution in [3.63, 3.8) is 0 Å². The third kappa shape index (κ3) is 4.12. The second-order valence-electron chi connectivity index (χ2n) is 9.55. The molecule has 2 saturated carbocycles. The second kappa shape index (κ2) is 8.33. The first kappa shape index (κ1) is 20.2. The summed E-state index contributed by atoms with van der Waals surface area (Å²) in [5, 5.41) is 2.85. The van der Waals surface area contributed by atoms with Crippen LogP contribution < -0.4 is 10.7 Å². The van der Waals surface area contributed by atoms with Crippen molar-refractivity contribution in [1.29, 1.82) is 0 Å². The Kier molecular flexibility index (Phi) is 5.79. The zero-order chi connectivity index (χ0) is 20.5. The molecule has 158 valence electrons. The molecule has 1 saturated heterocycles. The van der Waals surface area contributed by atoms with Crippen molar-refractivity contribution in [3.05, 3.63) is 33.7 Å². The van der Waals surface area contributed by atoms with E-state index in [0.29, 0.717) is 18.4 Å². The Labute approximate surface area is 172 Å². The number of likely N-dealkylation sites (tertiary alicyclic amines) is 1. The van der Waals surface area contributed by atoms with Gasteiger partial charge in [0, 0.05) is 37.6 Å². The van der Waals surface area contributed by atoms with Crippen LogP contribution in [0.1, 0.15) is 92.0 Å². The lowest BCUT2D eigenvalue weighted by Gasteiger charge is -2.29. The molecule has 2 amide bonds. The van der Waals surface area contributed by atoms with Crippen LogP contribution in [0.4, 0.5) is 0 Å². The zero-order valence-corrected chi connectivity index (χ0v) is 17.7. The number of aromatic nitrogens is 1. The van der Waals surface area contributed by atoms with Crippen LogP contribution in [0, 0.1) is 11.8 Å². The number of fused-ring (bicyclic) bond motifs is 2. The quantitative estimate of drug-likeness (QED) is 0.825. The monoisotopic (exact) mass is 399 g/mol. The fourth-order valence-electron chi connectivity index (χ4n) is 5.22. The van der Waals surface area contributed by atoms with E-state index in [-0.39, 0.29) is 35.0 Å². The molecule has 1 aliphatic heterocycles. The van der Waals surface area contributed by atoms with Crippen LogP contribution in [0.25, 0.3) is 0 Å². The third-order valence-corrected chi connectivity index (χ3v) is 6.86. The minimum atomic E-state index is -0.425. The molecule has 1 N–H and O–H groups in total. The third-order valence-electron chi connectivity index (χ3n) is 6.86. The highest BCUT2D eigenvalue weighted by Crippen LogP contribution is 2.38. The van der Waals surface area contributed by atoms with Crippen molar-refractivity contribution < 1.29 is 9.59 Å². The van der Waals surface area contributed by atoms with Crippen molar-refractivity contribution in [1.82, 2.24) is 14.8 Å². The van der Waals surface area contributed by atoms with Gasteiger partial charge in [0.05, 0.1) is 0 Å². The summed E-state index contributed by atoms with van der Waals surface area (Å²) in [5.74, 6) is 0.308. The molecule has 4 rings (SSSR count). The Morgan fingerprint density at radius 2 is 1.76 bits per heavy atom. The Balaban J connectivity index is 1.68. The van der Waals surface area contributed by atoms with Gasteiger partial charge in [0.1, 0.15) is 11.1 Å². The van der Waals surface area contributed by atoms with Crippen LogP contribution in [-0.2, 0) is 0 Å². The van der Waals surface area contributed by atoms with Crippen LogP contribution in [0.5, 0.6) is 0 Å². The largest absolute Gasteiger partial charge is 0.352 e. The van der Waals surface area contributed by atoms with E-state index in [1.807, 2.05) is 23.3 Å². The van der Waals surface area contributed by atoms with E-state index in [1.54, 1.807) is 12.4 Å². The smallest absolute Gasteiger partial charge is 0.259 e. The van der Waals surface area contributed by atoms with E-state index in [2.05, 4.69) is 5.32 Å². The standard InChI is InChI=1S/C23H33N3O3/c1-15(2)11-24-22(28)19-13-25(17-6-4-3-5-7-17)14-20(21(19)27)23(29)26-12-16-8-9-18(26)10-16/h13-18H,3-12H2,1-2H3,(H,24,28)/t16-,18+/m0/s1. The first-order valence-corrected chi connectivity index (χ1v) is 11.3. The zero-order valence-electron chi connectivity index (χ0n) is 17.7. The molecule has 6 nitrogen and oxygen atoms in total. The van der Waals surface area contributed by atoms with Gasteiger partial charge < -0.3 is 14.8 Å². The molecule has 2 atom stereocenters. The fraction of sp³-hybridized carbons (Fsp3) is 0.696. The van der Waals surface area contributed by atoms with Gasteiger partial charge in [-0.15, -0.1) is 0 Å². The van der Waals surface area contributed by atoms with Gasteiger partial charge in [-0.2, -0.15) is 0 Å². The van der Waals surface area contributed by atoms with Crippen molar-refractivity contribution in [2.75, 3.05) is 13.1 Å². The van der Waals surface area contributed by atoms with Gasteiger partial charge in [-0.3, -0.25) is 14.4 Å². The summed E-state index contributed by atoms with van der Waals surface area (Å²) in [7, 11) is 0. The molecule has 1 aromatic heterocycles. The van der Waals surface area contributed by atoms with E-state index in [9.17, 15) is 14.4 Å². The summed E-state index contributed by atoms with van der Waals surface area (Å²) in [4.78, 5) is 41.1. The van der Waals surface area contributed by atoms with E-state index >= 15 is 0 Å². The highest BCUT2D eigenvalue weighted by Gasteiger charge is 2.41. The van der Waals surface area contributed by atoms with Gasteiger partial charge in [-0.05, 0) is 43.9 Å². The van der Waals surface area contributed by atoms with Crippen LogP contribution >= 0.6 is 0 Å². The number of nitrogens with one attached hydrogen (secondary N) is 1. The molecule has 0 radical (unpaired) electrons. The first-order valence-electron chi connectivity index (χ1n) is 11.3. The number of piperidine rings is 1. The minimum Gasteiger partial charge on any atom is -0.352 e. The average Bonchev–Trinajstić information content (AvgIpc) is 3.36. The number of rotatable bonds is 5. The summed E-state index contributed by atoms with van der Waals surface area (Å²) in [5.41, 5.74) is -0.155. The van der Waals surface area contributed by atoms with Gasteiger partial charge >= 0.3 is 0 Å². The Morgan fingerprint density at radius 1 is 1.03 bits per heavy atom. The molecule has 0 unspecified atom stereocenters. The molecule has 6 heteroatoms. The van der Waals surface area contributed by atoms with Gasteiger partial charge in [0.15, 0.2) is 0 Å². The predicted molar refractivity (Wildman–Crippen MR) is 112 cm³/mol. The number of hydrogen-bond donors (Lipinski definition) is 1. The van der Waals surface area contributed by atoms with Gasteiger partial charge in [-0.25, -0.2) is 0 Å². The molecule has 1 aromatic rings. The first-order chi connectivity index (χ1) is 13.9. The summed E-state index contributed by atoms with van der Waals surface area (Å²) < 4.78 is 1.98. The number of carbonyl (C=O) groups excluding carboxylic acids is 2. The topological polar surface area (TPSA) is 71.4 Å². The van der Waals surface area contributed by atoms with Crippen LogP contribution in [0.2, 0.25) is 0 Å². The summed E-state index contributed by atoms with van der Waals surface area (Å²) in [6.07, 6.45) is 12.2. The number of nitrogens with zero attached hydrogens (tertiary/aromatic N) is 2. The number of amides is 2. The van der Waals surface area contributed by atoms with E-state index in [1.165, 1.54) is 12.8 Å². The van der Waals surface area contributed by atoms with E-state index < -0.39 is 5.43 Å². The Bertz CT molecular complexity index is 838. The van der Waals surface area contributed by atoms with Crippen molar-refractivity contribution in [2.24, 2.45) is 11.8 Å². The maximum atomic E-state index is 13.3. The SMILES string of the molecule is CC(C)CNC(=O)c1cn(C2CCCCC2)cc(C(=O)N2C[C@H]3CC[C@@H]2C3)c1=O. The maximum Gasteiger partial charge on any atom is 0.259 e. The lowest BCUT2D eigenvalue weighted by molar-refractivity contribution is 0.0701. The Morgan fingerprint density at radius 3 is 2.38 bits per heavy atom. The molecular formula is C23H33N3O3. The lowest BCUT2D eigenvalue weighted by atomic mass is 9.95. The maximum absolute atomic E-state index is 13.3. The highest BCUT2D eigenvalue weighted by molar-refractivity contribution is 5.99. The Hall–Kier alpha value is -2.11. The molecule has 0 spiro atoms. The minimum absolute atomic E-state index is 0.103. The summed E-state index contributed by atoms with van der Waals surface area (Å²) >= 11 is 0. The molecular weight excluding hydrogens is 366 g/mol. The fourth-order valence-corrected chi connectivity index (χ4v) is 5.22. The lowest BCUT2D eigenvalue weighted by Crippen LogP contribution is -2.42. The van der Waals surface area contributed by atoms with Gasteiger partial charge in [0.2, 0.25) is 5.43 Å². The summed E-state index contributed by atoms with van der Waals surface area (Å²) in [6, 6.07) is 0.510. The molecule has 2 bridgehead atoms. The molecule has 3 aliphatic rings. The average molecular weight is 400 g/mol. The normalized spacial score (nSPS) is 24.3. The molecule has 3 fully saturated rings. The highest BCUT2D eigenvalue weighted by atomic mass is 16.2. The second-order valence-corrected chi connectivity index (χ2v) is 9.55. The van der Waals surface area contributed by atoms with Gasteiger partial charge in [-0.1, -0.05) is 33.1 Å². The van der Waals surface area contributed by atoms with Crippen molar-refractivity contribution in [3.8, 4) is 0 Å². The molecule has 29 heavy (non-hydrogen) atoms.